The first kappa shape index (κ1) is 23.2. The van der Waals surface area contributed by atoms with Gasteiger partial charge in [0, 0.05) is 37.1 Å². The van der Waals surface area contributed by atoms with Gasteiger partial charge in [-0.3, -0.25) is 4.79 Å². The Labute approximate surface area is 182 Å². The highest BCUT2D eigenvalue weighted by Gasteiger charge is 2.32. The summed E-state index contributed by atoms with van der Waals surface area (Å²) in [5, 5.41) is 2.90. The summed E-state index contributed by atoms with van der Waals surface area (Å²) < 4.78 is 49.5. The number of aromatic nitrogens is 3. The van der Waals surface area contributed by atoms with Crippen LogP contribution in [0.3, 0.4) is 0 Å². The molecule has 31 heavy (non-hydrogen) atoms. The summed E-state index contributed by atoms with van der Waals surface area (Å²) in [6.07, 6.45) is 0.0784. The molecule has 1 saturated carbocycles. The molecular weight excluding hydrogens is 437 g/mol. The van der Waals surface area contributed by atoms with Gasteiger partial charge in [0.15, 0.2) is 5.82 Å². The van der Waals surface area contributed by atoms with Crippen LogP contribution in [0.1, 0.15) is 32.3 Å². The molecular formula is C20H22ClF3N4O3. The predicted octanol–water partition coefficient (Wildman–Crippen LogP) is 3.91. The predicted molar refractivity (Wildman–Crippen MR) is 107 cm³/mol. The summed E-state index contributed by atoms with van der Waals surface area (Å²) in [5.74, 6) is 0.399. The Morgan fingerprint density at radius 2 is 1.97 bits per heavy atom. The minimum absolute atomic E-state index is 0.0500. The summed E-state index contributed by atoms with van der Waals surface area (Å²) in [6, 6.07) is 1.47. The van der Waals surface area contributed by atoms with Gasteiger partial charge in [-0.05, 0) is 31.7 Å². The van der Waals surface area contributed by atoms with E-state index in [1.54, 1.807) is 0 Å². The lowest BCUT2D eigenvalue weighted by molar-refractivity contribution is -0.138. The average molecular weight is 459 g/mol. The Kier molecular flexibility index (Phi) is 7.32. The minimum atomic E-state index is -4.51. The highest BCUT2D eigenvalue weighted by Crippen LogP contribution is 2.35. The van der Waals surface area contributed by atoms with Crippen LogP contribution in [0.15, 0.2) is 24.7 Å². The Morgan fingerprint density at radius 1 is 1.29 bits per heavy atom. The number of nitrogens with one attached hydrogen (secondary N) is 1. The molecule has 2 aromatic rings. The molecule has 0 unspecified atom stereocenters. The number of halogens is 4. The second kappa shape index (κ2) is 9.78. The van der Waals surface area contributed by atoms with Crippen LogP contribution in [0.2, 0.25) is 5.02 Å². The molecule has 168 valence electrons. The zero-order valence-corrected chi connectivity index (χ0v) is 17.7. The number of rotatable bonds is 8. The number of alkyl halides is 3. The number of hydrogen-bond acceptors (Lipinski definition) is 6. The Morgan fingerprint density at radius 3 is 2.58 bits per heavy atom. The van der Waals surface area contributed by atoms with Crippen LogP contribution in [-0.2, 0) is 15.7 Å². The highest BCUT2D eigenvalue weighted by atomic mass is 35.5. The van der Waals surface area contributed by atoms with Crippen LogP contribution >= 0.6 is 11.6 Å². The SMILES string of the molecule is CC(=O)N[C@@H](C)COC1CC(COc2nccc(-c3ncc(C(F)(F)F)cn3)c2Cl)C1. The zero-order chi connectivity index (χ0) is 22.6. The number of pyridine rings is 1. The number of carbonyl (C=O) groups is 1. The van der Waals surface area contributed by atoms with Crippen LogP contribution in [0, 0.1) is 5.92 Å². The Hall–Kier alpha value is -2.46. The van der Waals surface area contributed by atoms with E-state index < -0.39 is 11.7 Å². The molecule has 3 rings (SSSR count). The number of hydrogen-bond donors (Lipinski definition) is 1. The van der Waals surface area contributed by atoms with Crippen molar-refractivity contribution in [3.05, 3.63) is 35.2 Å². The van der Waals surface area contributed by atoms with Crippen molar-refractivity contribution in [1.82, 2.24) is 20.3 Å². The molecule has 1 atom stereocenters. The van der Waals surface area contributed by atoms with Gasteiger partial charge in [-0.1, -0.05) is 11.6 Å². The molecule has 1 fully saturated rings. The average Bonchev–Trinajstić information content (AvgIpc) is 2.66. The molecule has 0 saturated heterocycles. The van der Waals surface area contributed by atoms with Gasteiger partial charge in [-0.2, -0.15) is 13.2 Å². The van der Waals surface area contributed by atoms with Gasteiger partial charge in [-0.15, -0.1) is 0 Å². The second-order valence-electron chi connectivity index (χ2n) is 7.48. The quantitative estimate of drug-likeness (QED) is 0.645. The first-order chi connectivity index (χ1) is 14.6. The number of carbonyl (C=O) groups excluding carboxylic acids is 1. The van der Waals surface area contributed by atoms with E-state index in [0.717, 1.165) is 12.8 Å². The first-order valence-electron chi connectivity index (χ1n) is 9.69. The van der Waals surface area contributed by atoms with E-state index in [0.29, 0.717) is 31.2 Å². The Balaban J connectivity index is 1.51. The van der Waals surface area contributed by atoms with E-state index in [1.807, 2.05) is 6.92 Å². The number of ether oxygens (including phenoxy) is 2. The van der Waals surface area contributed by atoms with Crippen molar-refractivity contribution in [2.75, 3.05) is 13.2 Å². The minimum Gasteiger partial charge on any atom is -0.476 e. The summed E-state index contributed by atoms with van der Waals surface area (Å²) >= 11 is 6.32. The van der Waals surface area contributed by atoms with E-state index in [4.69, 9.17) is 21.1 Å². The smallest absolute Gasteiger partial charge is 0.419 e. The lowest BCUT2D eigenvalue weighted by Crippen LogP contribution is -2.40. The standard InChI is InChI=1S/C20H22ClF3N4O3/c1-11(28-12(2)29)9-30-15-5-13(6-15)10-31-19-17(21)16(3-4-25-19)18-26-7-14(8-27-18)20(22,23)24/h3-4,7-8,11,13,15H,5-6,9-10H2,1-2H3,(H,28,29)/t11-,13?,15?/m0/s1. The number of nitrogens with zero attached hydrogens (tertiary/aromatic N) is 3. The van der Waals surface area contributed by atoms with Crippen LogP contribution in [-0.4, -0.2) is 46.2 Å². The summed E-state index contributed by atoms with van der Waals surface area (Å²) in [4.78, 5) is 22.6. The van der Waals surface area contributed by atoms with Crippen molar-refractivity contribution in [3.8, 4) is 17.3 Å². The van der Waals surface area contributed by atoms with Crippen LogP contribution in [0.4, 0.5) is 13.2 Å². The molecule has 2 heterocycles. The molecule has 1 aliphatic rings. The summed E-state index contributed by atoms with van der Waals surface area (Å²) in [6.45, 7) is 4.16. The largest absolute Gasteiger partial charge is 0.476 e. The van der Waals surface area contributed by atoms with Crippen LogP contribution < -0.4 is 10.1 Å². The topological polar surface area (TPSA) is 86.2 Å². The van der Waals surface area contributed by atoms with E-state index in [9.17, 15) is 18.0 Å². The van der Waals surface area contributed by atoms with Gasteiger partial charge >= 0.3 is 6.18 Å². The molecule has 2 aromatic heterocycles. The summed E-state index contributed by atoms with van der Waals surface area (Å²) in [7, 11) is 0. The van der Waals surface area contributed by atoms with Gasteiger partial charge < -0.3 is 14.8 Å². The van der Waals surface area contributed by atoms with Crippen molar-refractivity contribution in [3.63, 3.8) is 0 Å². The third-order valence-electron chi connectivity index (χ3n) is 4.76. The Bertz CT molecular complexity index is 906. The fraction of sp³-hybridized carbons (Fsp3) is 0.500. The molecule has 7 nitrogen and oxygen atoms in total. The lowest BCUT2D eigenvalue weighted by Gasteiger charge is -2.35. The second-order valence-corrected chi connectivity index (χ2v) is 7.85. The van der Waals surface area contributed by atoms with Crippen molar-refractivity contribution in [1.29, 1.82) is 0 Å². The van der Waals surface area contributed by atoms with Crippen molar-refractivity contribution < 1.29 is 27.4 Å². The van der Waals surface area contributed by atoms with Gasteiger partial charge in [-0.25, -0.2) is 15.0 Å². The normalized spacial score (nSPS) is 19.4. The van der Waals surface area contributed by atoms with Crippen LogP contribution in [0.25, 0.3) is 11.4 Å². The number of amides is 1. The first-order valence-corrected chi connectivity index (χ1v) is 10.1. The zero-order valence-electron chi connectivity index (χ0n) is 16.9. The molecule has 1 amide bonds. The maximum Gasteiger partial charge on any atom is 0.419 e. The highest BCUT2D eigenvalue weighted by molar-refractivity contribution is 6.34. The molecule has 0 radical (unpaired) electrons. The fourth-order valence-electron chi connectivity index (χ4n) is 3.12. The third kappa shape index (κ3) is 6.27. The van der Waals surface area contributed by atoms with Crippen molar-refractivity contribution >= 4 is 17.5 Å². The molecule has 1 N–H and O–H groups in total. The molecule has 0 aliphatic heterocycles. The fourth-order valence-corrected chi connectivity index (χ4v) is 3.37. The van der Waals surface area contributed by atoms with E-state index in [1.165, 1.54) is 19.2 Å². The van der Waals surface area contributed by atoms with Crippen LogP contribution in [0.5, 0.6) is 5.88 Å². The van der Waals surface area contributed by atoms with Gasteiger partial charge in [0.2, 0.25) is 11.8 Å². The van der Waals surface area contributed by atoms with Gasteiger partial charge in [0.05, 0.1) is 24.9 Å². The maximum atomic E-state index is 12.7. The molecule has 0 aromatic carbocycles. The van der Waals surface area contributed by atoms with E-state index in [2.05, 4.69) is 20.3 Å². The lowest BCUT2D eigenvalue weighted by atomic mass is 9.83. The monoisotopic (exact) mass is 458 g/mol. The maximum absolute atomic E-state index is 12.7. The molecule has 0 bridgehead atoms. The van der Waals surface area contributed by atoms with Gasteiger partial charge in [0.1, 0.15) is 5.02 Å². The van der Waals surface area contributed by atoms with Crippen molar-refractivity contribution in [2.45, 2.75) is 45.0 Å². The third-order valence-corrected chi connectivity index (χ3v) is 5.12. The summed E-state index contributed by atoms with van der Waals surface area (Å²) in [5.41, 5.74) is -0.603. The molecule has 0 spiro atoms. The van der Waals surface area contributed by atoms with E-state index in [-0.39, 0.29) is 40.7 Å². The molecule has 1 aliphatic carbocycles. The van der Waals surface area contributed by atoms with E-state index >= 15 is 0 Å². The van der Waals surface area contributed by atoms with Gasteiger partial charge in [0.25, 0.3) is 0 Å². The van der Waals surface area contributed by atoms with Crippen molar-refractivity contribution in [2.24, 2.45) is 5.92 Å². The molecule has 11 heteroatoms.